The van der Waals surface area contributed by atoms with Gasteiger partial charge in [0.15, 0.2) is 11.5 Å². The Balaban J connectivity index is 1.46. The summed E-state index contributed by atoms with van der Waals surface area (Å²) in [5.41, 5.74) is 0.969. The van der Waals surface area contributed by atoms with Crippen LogP contribution in [0, 0.1) is 11.8 Å². The first kappa shape index (κ1) is 20.2. The van der Waals surface area contributed by atoms with Crippen LogP contribution in [0.4, 0.5) is 0 Å². The smallest absolute Gasteiger partial charge is 0.228 e. The molecule has 1 amide bonds. The van der Waals surface area contributed by atoms with E-state index in [0.717, 1.165) is 49.5 Å². The second-order valence-corrected chi connectivity index (χ2v) is 9.77. The SMILES string of the molecule is COc1cccc2c1OCC[C@]21CNC[C@H]1C(=O)N1CCCCC1C1CCCCC1. The number of amides is 1. The van der Waals surface area contributed by atoms with Gasteiger partial charge in [0.1, 0.15) is 0 Å². The summed E-state index contributed by atoms with van der Waals surface area (Å²) in [4.78, 5) is 16.4. The van der Waals surface area contributed by atoms with Crippen LogP contribution in [0.25, 0.3) is 0 Å². The van der Waals surface area contributed by atoms with Crippen molar-refractivity contribution < 1.29 is 14.3 Å². The number of rotatable bonds is 3. The van der Waals surface area contributed by atoms with Crippen molar-refractivity contribution in [3.8, 4) is 11.5 Å². The van der Waals surface area contributed by atoms with Crippen molar-refractivity contribution in [1.82, 2.24) is 10.2 Å². The molecule has 4 aliphatic rings. The maximum atomic E-state index is 14.1. The maximum Gasteiger partial charge on any atom is 0.228 e. The van der Waals surface area contributed by atoms with Crippen LogP contribution < -0.4 is 14.8 Å². The summed E-state index contributed by atoms with van der Waals surface area (Å²) in [5.74, 6) is 2.69. The van der Waals surface area contributed by atoms with Gasteiger partial charge in [0.25, 0.3) is 0 Å². The van der Waals surface area contributed by atoms with Gasteiger partial charge in [0, 0.05) is 36.7 Å². The lowest BCUT2D eigenvalue weighted by Crippen LogP contribution is -2.54. The number of ether oxygens (including phenoxy) is 2. The van der Waals surface area contributed by atoms with E-state index in [-0.39, 0.29) is 11.3 Å². The highest BCUT2D eigenvalue weighted by atomic mass is 16.5. The molecule has 5 heteroatoms. The maximum absolute atomic E-state index is 14.1. The van der Waals surface area contributed by atoms with Crippen LogP contribution >= 0.6 is 0 Å². The van der Waals surface area contributed by atoms with E-state index >= 15 is 0 Å². The number of nitrogens with one attached hydrogen (secondary N) is 1. The Morgan fingerprint density at radius 3 is 2.83 bits per heavy atom. The van der Waals surface area contributed by atoms with Crippen molar-refractivity contribution in [2.45, 2.75) is 69.2 Å². The number of nitrogens with zero attached hydrogens (tertiary/aromatic N) is 1. The highest BCUT2D eigenvalue weighted by molar-refractivity contribution is 5.82. The molecule has 1 saturated carbocycles. The number of likely N-dealkylation sites (tertiary alicyclic amines) is 1. The number of benzene rings is 1. The Labute approximate surface area is 180 Å². The fourth-order valence-corrected chi connectivity index (χ4v) is 6.75. The molecule has 1 N–H and O–H groups in total. The molecule has 3 atom stereocenters. The molecule has 30 heavy (non-hydrogen) atoms. The molecule has 3 aliphatic heterocycles. The monoisotopic (exact) mass is 412 g/mol. The molecule has 5 rings (SSSR count). The Morgan fingerprint density at radius 2 is 2.00 bits per heavy atom. The second kappa shape index (κ2) is 8.41. The van der Waals surface area contributed by atoms with Crippen LogP contribution in [0.3, 0.4) is 0 Å². The number of piperidine rings is 1. The Bertz CT molecular complexity index is 776. The van der Waals surface area contributed by atoms with Gasteiger partial charge in [-0.25, -0.2) is 0 Å². The minimum absolute atomic E-state index is 0.0172. The van der Waals surface area contributed by atoms with Crippen LogP contribution in [-0.4, -0.2) is 50.2 Å². The van der Waals surface area contributed by atoms with Crippen molar-refractivity contribution in [2.24, 2.45) is 11.8 Å². The highest BCUT2D eigenvalue weighted by Crippen LogP contribution is 2.50. The van der Waals surface area contributed by atoms with Crippen LogP contribution in [0.2, 0.25) is 0 Å². The van der Waals surface area contributed by atoms with E-state index in [1.807, 2.05) is 12.1 Å². The third kappa shape index (κ3) is 3.30. The lowest BCUT2D eigenvalue weighted by Gasteiger charge is -2.46. The fraction of sp³-hybridized carbons (Fsp3) is 0.720. The van der Waals surface area contributed by atoms with Crippen LogP contribution in [0.15, 0.2) is 18.2 Å². The number of carbonyl (C=O) groups is 1. The molecular weight excluding hydrogens is 376 g/mol. The molecule has 1 spiro atoms. The summed E-state index contributed by atoms with van der Waals surface area (Å²) in [6.45, 7) is 3.19. The summed E-state index contributed by atoms with van der Waals surface area (Å²) in [6, 6.07) is 6.60. The van der Waals surface area contributed by atoms with Gasteiger partial charge in [-0.2, -0.15) is 0 Å². The first-order chi connectivity index (χ1) is 14.7. The Kier molecular flexibility index (Phi) is 5.65. The summed E-state index contributed by atoms with van der Waals surface area (Å²) in [6.07, 6.45) is 11.1. The quantitative estimate of drug-likeness (QED) is 0.818. The van der Waals surface area contributed by atoms with Gasteiger partial charge in [-0.1, -0.05) is 31.4 Å². The van der Waals surface area contributed by atoms with E-state index in [4.69, 9.17) is 9.47 Å². The van der Waals surface area contributed by atoms with Gasteiger partial charge in [-0.05, 0) is 50.5 Å². The number of para-hydroxylation sites is 1. The van der Waals surface area contributed by atoms with Gasteiger partial charge >= 0.3 is 0 Å². The first-order valence-corrected chi connectivity index (χ1v) is 12.1. The normalized spacial score (nSPS) is 32.0. The molecule has 5 nitrogen and oxygen atoms in total. The van der Waals surface area contributed by atoms with Crippen molar-refractivity contribution >= 4 is 5.91 Å². The summed E-state index contributed by atoms with van der Waals surface area (Å²) >= 11 is 0. The van der Waals surface area contributed by atoms with Gasteiger partial charge in [0.05, 0.1) is 19.6 Å². The Hall–Kier alpha value is -1.75. The molecule has 1 unspecified atom stereocenters. The Morgan fingerprint density at radius 1 is 1.17 bits per heavy atom. The predicted molar refractivity (Wildman–Crippen MR) is 117 cm³/mol. The van der Waals surface area contributed by atoms with Gasteiger partial charge in [0.2, 0.25) is 5.91 Å². The lowest BCUT2D eigenvalue weighted by molar-refractivity contribution is -0.142. The summed E-state index contributed by atoms with van der Waals surface area (Å²) in [7, 11) is 1.69. The zero-order valence-corrected chi connectivity index (χ0v) is 18.3. The molecule has 3 heterocycles. The van der Waals surface area contributed by atoms with Gasteiger partial charge < -0.3 is 19.7 Å². The molecule has 1 aromatic rings. The average molecular weight is 413 g/mol. The van der Waals surface area contributed by atoms with Crippen molar-refractivity contribution in [3.63, 3.8) is 0 Å². The van der Waals surface area contributed by atoms with E-state index < -0.39 is 0 Å². The van der Waals surface area contributed by atoms with Crippen LogP contribution in [0.5, 0.6) is 11.5 Å². The predicted octanol–water partition coefficient (Wildman–Crippen LogP) is 3.90. The standard InChI is InChI=1S/C25H36N2O3/c1-29-22-12-7-10-19-23(22)30-15-13-25(19)17-26-16-20(25)24(28)27-14-6-5-11-21(27)18-8-3-2-4-9-18/h7,10,12,18,20-21,26H,2-6,8-9,11,13-17H2,1H3/t20-,21?,25-/m0/s1. The van der Waals surface area contributed by atoms with Crippen molar-refractivity contribution in [3.05, 3.63) is 23.8 Å². The lowest BCUT2D eigenvalue weighted by atomic mass is 9.68. The third-order valence-electron chi connectivity index (χ3n) is 8.31. The molecule has 1 aromatic carbocycles. The number of hydrogen-bond donors (Lipinski definition) is 1. The minimum atomic E-state index is -0.187. The zero-order chi connectivity index (χ0) is 20.6. The number of methoxy groups -OCH3 is 1. The first-order valence-electron chi connectivity index (χ1n) is 12.1. The topological polar surface area (TPSA) is 50.8 Å². The average Bonchev–Trinajstić information content (AvgIpc) is 3.23. The van der Waals surface area contributed by atoms with Crippen molar-refractivity contribution in [2.75, 3.05) is 33.4 Å². The van der Waals surface area contributed by atoms with Gasteiger partial charge in [-0.3, -0.25) is 4.79 Å². The van der Waals surface area contributed by atoms with Crippen molar-refractivity contribution in [1.29, 1.82) is 0 Å². The van der Waals surface area contributed by atoms with E-state index in [2.05, 4.69) is 16.3 Å². The highest BCUT2D eigenvalue weighted by Gasteiger charge is 2.53. The number of carbonyl (C=O) groups excluding carboxylic acids is 1. The largest absolute Gasteiger partial charge is 0.493 e. The minimum Gasteiger partial charge on any atom is -0.493 e. The second-order valence-electron chi connectivity index (χ2n) is 9.77. The molecule has 0 aromatic heterocycles. The fourth-order valence-electron chi connectivity index (χ4n) is 6.75. The van der Waals surface area contributed by atoms with Gasteiger partial charge in [-0.15, -0.1) is 0 Å². The van der Waals surface area contributed by atoms with Crippen LogP contribution in [-0.2, 0) is 10.2 Å². The molecule has 0 bridgehead atoms. The zero-order valence-electron chi connectivity index (χ0n) is 18.3. The molecule has 0 radical (unpaired) electrons. The number of fused-ring (bicyclic) bond motifs is 2. The molecule has 164 valence electrons. The molecule has 3 fully saturated rings. The summed E-state index contributed by atoms with van der Waals surface area (Å²) in [5, 5.41) is 3.58. The number of hydrogen-bond acceptors (Lipinski definition) is 4. The van der Waals surface area contributed by atoms with E-state index in [0.29, 0.717) is 24.5 Å². The molecule has 1 aliphatic carbocycles. The molecular formula is C25H36N2O3. The summed E-state index contributed by atoms with van der Waals surface area (Å²) < 4.78 is 11.6. The van der Waals surface area contributed by atoms with Crippen LogP contribution in [0.1, 0.15) is 63.4 Å². The van der Waals surface area contributed by atoms with E-state index in [9.17, 15) is 4.79 Å². The molecule has 2 saturated heterocycles. The van der Waals surface area contributed by atoms with E-state index in [1.54, 1.807) is 7.11 Å². The van der Waals surface area contributed by atoms with E-state index in [1.165, 1.54) is 44.9 Å². The third-order valence-corrected chi connectivity index (χ3v) is 8.31.